The van der Waals surface area contributed by atoms with Gasteiger partial charge in [-0.3, -0.25) is 0 Å². The Balaban J connectivity index is 2.18. The van der Waals surface area contributed by atoms with Crippen LogP contribution in [0.5, 0.6) is 0 Å². The molecule has 0 amide bonds. The highest BCUT2D eigenvalue weighted by molar-refractivity contribution is 7.98. The van der Waals surface area contributed by atoms with Crippen molar-refractivity contribution >= 4 is 22.5 Å². The quantitative estimate of drug-likeness (QED) is 0.561. The minimum absolute atomic E-state index is 1.28. The lowest BCUT2D eigenvalue weighted by atomic mass is 9.98. The maximum Gasteiger partial charge on any atom is 0.00695 e. The minimum atomic E-state index is 1.28. The monoisotopic (exact) mass is 250 g/mol. The van der Waals surface area contributed by atoms with Crippen LogP contribution < -0.4 is 0 Å². The molecule has 0 aliphatic heterocycles. The van der Waals surface area contributed by atoms with E-state index in [0.717, 1.165) is 0 Å². The predicted octanol–water partition coefficient (Wildman–Crippen LogP) is 5.23. The van der Waals surface area contributed by atoms with Crippen LogP contribution in [0.1, 0.15) is 0 Å². The summed E-state index contributed by atoms with van der Waals surface area (Å²) in [6.07, 6.45) is 2.10. The molecular weight excluding hydrogens is 236 g/mol. The van der Waals surface area contributed by atoms with Gasteiger partial charge in [0.15, 0.2) is 0 Å². The molecule has 0 spiro atoms. The molecule has 0 radical (unpaired) electrons. The van der Waals surface area contributed by atoms with E-state index in [4.69, 9.17) is 0 Å². The Kier molecular flexibility index (Phi) is 3.07. The highest BCUT2D eigenvalue weighted by Crippen LogP contribution is 2.29. The molecule has 0 saturated carbocycles. The molecular formula is C17H14S. The van der Waals surface area contributed by atoms with Gasteiger partial charge in [0.25, 0.3) is 0 Å². The maximum absolute atomic E-state index is 2.20. The molecule has 18 heavy (non-hydrogen) atoms. The molecule has 0 atom stereocenters. The number of fused-ring (bicyclic) bond motifs is 1. The van der Waals surface area contributed by atoms with Gasteiger partial charge in [0.1, 0.15) is 0 Å². The van der Waals surface area contributed by atoms with E-state index < -0.39 is 0 Å². The zero-order valence-corrected chi connectivity index (χ0v) is 11.1. The summed E-state index contributed by atoms with van der Waals surface area (Å²) in [4.78, 5) is 1.30. The topological polar surface area (TPSA) is 0 Å². The second-order valence-corrected chi connectivity index (χ2v) is 5.13. The van der Waals surface area contributed by atoms with Crippen molar-refractivity contribution in [2.45, 2.75) is 4.90 Å². The fraction of sp³-hybridized carbons (Fsp3) is 0.0588. The van der Waals surface area contributed by atoms with E-state index in [1.54, 1.807) is 11.8 Å². The molecule has 3 aromatic rings. The van der Waals surface area contributed by atoms with Gasteiger partial charge in [-0.05, 0) is 40.3 Å². The van der Waals surface area contributed by atoms with Crippen molar-refractivity contribution in [2.75, 3.05) is 6.26 Å². The number of benzene rings is 3. The van der Waals surface area contributed by atoms with Gasteiger partial charge < -0.3 is 0 Å². The van der Waals surface area contributed by atoms with Gasteiger partial charge in [0.2, 0.25) is 0 Å². The van der Waals surface area contributed by atoms with Crippen LogP contribution in [0.2, 0.25) is 0 Å². The first-order chi connectivity index (χ1) is 8.88. The lowest BCUT2D eigenvalue weighted by Gasteiger charge is -2.07. The van der Waals surface area contributed by atoms with Crippen LogP contribution in [0, 0.1) is 0 Å². The smallest absolute Gasteiger partial charge is 0.00695 e. The number of thioether (sulfide) groups is 1. The van der Waals surface area contributed by atoms with Crippen molar-refractivity contribution in [3.05, 3.63) is 66.7 Å². The zero-order chi connectivity index (χ0) is 12.4. The van der Waals surface area contributed by atoms with E-state index in [-0.39, 0.29) is 0 Å². The summed E-state index contributed by atoms with van der Waals surface area (Å²) < 4.78 is 0. The molecule has 0 N–H and O–H groups in total. The van der Waals surface area contributed by atoms with Gasteiger partial charge >= 0.3 is 0 Å². The molecule has 0 fully saturated rings. The molecule has 0 nitrogen and oxygen atoms in total. The summed E-state index contributed by atoms with van der Waals surface area (Å²) in [7, 11) is 0. The molecule has 0 aliphatic carbocycles. The summed E-state index contributed by atoms with van der Waals surface area (Å²) in [6.45, 7) is 0. The van der Waals surface area contributed by atoms with E-state index >= 15 is 0 Å². The highest BCUT2D eigenvalue weighted by atomic mass is 32.2. The van der Waals surface area contributed by atoms with Gasteiger partial charge in [0, 0.05) is 4.90 Å². The normalized spacial score (nSPS) is 10.7. The van der Waals surface area contributed by atoms with E-state index in [9.17, 15) is 0 Å². The first kappa shape index (κ1) is 11.4. The van der Waals surface area contributed by atoms with Crippen LogP contribution >= 0.6 is 11.8 Å². The van der Waals surface area contributed by atoms with Gasteiger partial charge in [0.05, 0.1) is 0 Å². The lowest BCUT2D eigenvalue weighted by Crippen LogP contribution is -1.81. The Labute approximate surface area is 112 Å². The lowest BCUT2D eigenvalue weighted by molar-refractivity contribution is 1.47. The molecule has 3 rings (SSSR count). The summed E-state index contributed by atoms with van der Waals surface area (Å²) in [6, 6.07) is 23.8. The largest absolute Gasteiger partial charge is 0.130 e. The summed E-state index contributed by atoms with van der Waals surface area (Å²) >= 11 is 1.78. The van der Waals surface area contributed by atoms with Crippen LogP contribution in [-0.4, -0.2) is 6.26 Å². The Morgan fingerprint density at radius 1 is 0.722 bits per heavy atom. The van der Waals surface area contributed by atoms with Crippen molar-refractivity contribution in [3.63, 3.8) is 0 Å². The van der Waals surface area contributed by atoms with Crippen LogP contribution in [0.4, 0.5) is 0 Å². The SMILES string of the molecule is CSc1ccc(-c2cccc3ccccc23)cc1. The van der Waals surface area contributed by atoms with Crippen molar-refractivity contribution in [2.24, 2.45) is 0 Å². The average molecular weight is 250 g/mol. The zero-order valence-electron chi connectivity index (χ0n) is 10.3. The van der Waals surface area contributed by atoms with Crippen molar-refractivity contribution in [1.82, 2.24) is 0 Å². The van der Waals surface area contributed by atoms with Crippen LogP contribution in [0.15, 0.2) is 71.6 Å². The van der Waals surface area contributed by atoms with Gasteiger partial charge in [-0.2, -0.15) is 0 Å². The molecule has 88 valence electrons. The van der Waals surface area contributed by atoms with Gasteiger partial charge in [-0.1, -0.05) is 54.6 Å². The third-order valence-corrected chi connectivity index (χ3v) is 3.93. The number of rotatable bonds is 2. The fourth-order valence-corrected chi connectivity index (χ4v) is 2.66. The minimum Gasteiger partial charge on any atom is -0.130 e. The predicted molar refractivity (Wildman–Crippen MR) is 81.2 cm³/mol. The average Bonchev–Trinajstić information content (AvgIpc) is 2.47. The number of hydrogen-bond donors (Lipinski definition) is 0. The Morgan fingerprint density at radius 3 is 2.22 bits per heavy atom. The first-order valence-corrected chi connectivity index (χ1v) is 7.23. The molecule has 0 heterocycles. The second kappa shape index (κ2) is 4.87. The maximum atomic E-state index is 2.20. The number of hydrogen-bond acceptors (Lipinski definition) is 1. The van der Waals surface area contributed by atoms with E-state index in [2.05, 4.69) is 73.0 Å². The summed E-state index contributed by atoms with van der Waals surface area (Å²) in [5.41, 5.74) is 2.59. The summed E-state index contributed by atoms with van der Waals surface area (Å²) in [5, 5.41) is 2.61. The third kappa shape index (κ3) is 2.02. The van der Waals surface area contributed by atoms with E-state index in [0.29, 0.717) is 0 Å². The Hall–Kier alpha value is -1.73. The molecule has 0 aromatic heterocycles. The van der Waals surface area contributed by atoms with Crippen LogP contribution in [-0.2, 0) is 0 Å². The second-order valence-electron chi connectivity index (χ2n) is 4.26. The third-order valence-electron chi connectivity index (χ3n) is 3.19. The fourth-order valence-electron chi connectivity index (χ4n) is 2.25. The van der Waals surface area contributed by atoms with Crippen molar-refractivity contribution in [1.29, 1.82) is 0 Å². The van der Waals surface area contributed by atoms with E-state index in [1.165, 1.54) is 26.8 Å². The van der Waals surface area contributed by atoms with Crippen molar-refractivity contribution in [3.8, 4) is 11.1 Å². The van der Waals surface area contributed by atoms with Gasteiger partial charge in [-0.25, -0.2) is 0 Å². The molecule has 0 unspecified atom stereocenters. The Morgan fingerprint density at radius 2 is 1.44 bits per heavy atom. The molecule has 0 saturated heterocycles. The van der Waals surface area contributed by atoms with Crippen LogP contribution in [0.3, 0.4) is 0 Å². The van der Waals surface area contributed by atoms with Crippen LogP contribution in [0.25, 0.3) is 21.9 Å². The Bertz CT molecular complexity index is 663. The van der Waals surface area contributed by atoms with Gasteiger partial charge in [-0.15, -0.1) is 11.8 Å². The molecule has 0 aliphatic rings. The first-order valence-electron chi connectivity index (χ1n) is 6.01. The molecule has 1 heteroatoms. The van der Waals surface area contributed by atoms with E-state index in [1.807, 2.05) is 0 Å². The highest BCUT2D eigenvalue weighted by Gasteiger charge is 2.02. The summed E-state index contributed by atoms with van der Waals surface area (Å²) in [5.74, 6) is 0. The van der Waals surface area contributed by atoms with Crippen molar-refractivity contribution < 1.29 is 0 Å². The standard InChI is InChI=1S/C17H14S/c1-18-15-11-9-14(10-12-15)17-8-4-6-13-5-2-3-7-16(13)17/h2-12H,1H3. The molecule has 3 aromatic carbocycles. The molecule has 0 bridgehead atoms.